The number of rotatable bonds is 6. The van der Waals surface area contributed by atoms with E-state index in [2.05, 4.69) is 12.2 Å². The summed E-state index contributed by atoms with van der Waals surface area (Å²) < 4.78 is 33.4. The molecule has 3 rings (SSSR count). The molecule has 1 amide bonds. The number of ether oxygens (including phenoxy) is 1. The lowest BCUT2D eigenvalue weighted by molar-refractivity contribution is 0.102. The Morgan fingerprint density at radius 1 is 1.17 bits per heavy atom. The van der Waals surface area contributed by atoms with Crippen LogP contribution in [0.3, 0.4) is 0 Å². The normalized spacial score (nSPS) is 17.7. The summed E-state index contributed by atoms with van der Waals surface area (Å²) in [6, 6.07) is 12.0. The molecule has 29 heavy (non-hydrogen) atoms. The number of piperidine rings is 1. The third kappa shape index (κ3) is 4.62. The van der Waals surface area contributed by atoms with Crippen LogP contribution in [0.1, 0.15) is 49.0 Å². The number of carbonyl (C=O) groups is 1. The van der Waals surface area contributed by atoms with Gasteiger partial charge in [0.05, 0.1) is 7.11 Å². The summed E-state index contributed by atoms with van der Waals surface area (Å²) >= 11 is 0. The van der Waals surface area contributed by atoms with Crippen molar-refractivity contribution in [3.8, 4) is 5.75 Å². The standard InChI is InChI=1S/C22H28N2O4S/c1-4-17-8-11-19(12-9-17)23-22(25)18-10-13-20(28-3)21(15-18)29(26,27)24-14-6-5-7-16(24)2/h8-13,15-16H,4-7,14H2,1-3H3,(H,23,25)/t16-/m0/s1. The fourth-order valence-corrected chi connectivity index (χ4v) is 5.48. The van der Waals surface area contributed by atoms with Crippen LogP contribution >= 0.6 is 0 Å². The van der Waals surface area contributed by atoms with E-state index in [4.69, 9.17) is 4.74 Å². The van der Waals surface area contributed by atoms with Crippen molar-refractivity contribution in [2.75, 3.05) is 19.0 Å². The Hall–Kier alpha value is -2.38. The van der Waals surface area contributed by atoms with Gasteiger partial charge in [-0.1, -0.05) is 25.5 Å². The van der Waals surface area contributed by atoms with Crippen molar-refractivity contribution in [1.29, 1.82) is 0 Å². The molecule has 156 valence electrons. The fourth-order valence-electron chi connectivity index (χ4n) is 3.60. The Bertz CT molecular complexity index is 971. The molecule has 1 N–H and O–H groups in total. The molecule has 0 radical (unpaired) electrons. The number of hydrogen-bond acceptors (Lipinski definition) is 4. The van der Waals surface area contributed by atoms with Gasteiger partial charge >= 0.3 is 0 Å². The molecule has 0 aromatic heterocycles. The molecular formula is C22H28N2O4S. The van der Waals surface area contributed by atoms with Crippen LogP contribution in [0, 0.1) is 0 Å². The maximum atomic E-state index is 13.3. The molecule has 2 aromatic carbocycles. The number of nitrogens with one attached hydrogen (secondary N) is 1. The second-order valence-corrected chi connectivity index (χ2v) is 9.19. The van der Waals surface area contributed by atoms with Crippen molar-refractivity contribution in [3.05, 3.63) is 53.6 Å². The molecule has 1 aliphatic rings. The molecule has 1 atom stereocenters. The minimum Gasteiger partial charge on any atom is -0.495 e. The van der Waals surface area contributed by atoms with Crippen LogP contribution in [-0.2, 0) is 16.4 Å². The maximum absolute atomic E-state index is 13.3. The van der Waals surface area contributed by atoms with Gasteiger partial charge < -0.3 is 10.1 Å². The van der Waals surface area contributed by atoms with Gasteiger partial charge in [-0.25, -0.2) is 8.42 Å². The van der Waals surface area contributed by atoms with E-state index in [0.29, 0.717) is 12.2 Å². The quantitative estimate of drug-likeness (QED) is 0.770. The molecule has 1 heterocycles. The van der Waals surface area contributed by atoms with Crippen molar-refractivity contribution < 1.29 is 17.9 Å². The Balaban J connectivity index is 1.90. The summed E-state index contributed by atoms with van der Waals surface area (Å²) in [5.74, 6) is -0.119. The van der Waals surface area contributed by atoms with E-state index in [9.17, 15) is 13.2 Å². The van der Waals surface area contributed by atoms with Gasteiger partial charge in [-0.15, -0.1) is 0 Å². The first-order chi connectivity index (χ1) is 13.9. The van der Waals surface area contributed by atoms with Crippen LogP contribution in [0.2, 0.25) is 0 Å². The van der Waals surface area contributed by atoms with Crippen LogP contribution in [0.4, 0.5) is 5.69 Å². The zero-order valence-corrected chi connectivity index (χ0v) is 18.0. The Morgan fingerprint density at radius 2 is 1.90 bits per heavy atom. The molecule has 1 aliphatic heterocycles. The number of carbonyl (C=O) groups excluding carboxylic acids is 1. The monoisotopic (exact) mass is 416 g/mol. The highest BCUT2D eigenvalue weighted by Crippen LogP contribution is 2.32. The third-order valence-corrected chi connectivity index (χ3v) is 7.41. The highest BCUT2D eigenvalue weighted by Gasteiger charge is 2.33. The molecule has 1 saturated heterocycles. The van der Waals surface area contributed by atoms with Gasteiger partial charge in [0.25, 0.3) is 5.91 Å². The van der Waals surface area contributed by atoms with Gasteiger partial charge in [-0.2, -0.15) is 4.31 Å². The molecule has 6 nitrogen and oxygen atoms in total. The van der Waals surface area contributed by atoms with E-state index in [-0.39, 0.29) is 28.2 Å². The second-order valence-electron chi connectivity index (χ2n) is 7.33. The Labute approximate surface area is 172 Å². The summed E-state index contributed by atoms with van der Waals surface area (Å²) in [6.45, 7) is 4.46. The third-order valence-electron chi connectivity index (χ3n) is 5.37. The lowest BCUT2D eigenvalue weighted by Gasteiger charge is -2.32. The predicted molar refractivity (Wildman–Crippen MR) is 114 cm³/mol. The topological polar surface area (TPSA) is 75.7 Å². The lowest BCUT2D eigenvalue weighted by atomic mass is 10.1. The van der Waals surface area contributed by atoms with E-state index in [1.165, 1.54) is 29.1 Å². The summed E-state index contributed by atoms with van der Waals surface area (Å²) in [5, 5.41) is 2.83. The number of amides is 1. The predicted octanol–water partition coefficient (Wildman–Crippen LogP) is 4.07. The molecule has 0 bridgehead atoms. The SMILES string of the molecule is CCc1ccc(NC(=O)c2ccc(OC)c(S(=O)(=O)N3CCCC[C@@H]3C)c2)cc1. The van der Waals surface area contributed by atoms with Crippen molar-refractivity contribution in [3.63, 3.8) is 0 Å². The summed E-state index contributed by atoms with van der Waals surface area (Å²) in [4.78, 5) is 12.8. The first-order valence-electron chi connectivity index (χ1n) is 9.97. The van der Waals surface area contributed by atoms with E-state index in [1.54, 1.807) is 6.07 Å². The Morgan fingerprint density at radius 3 is 2.52 bits per heavy atom. The van der Waals surface area contributed by atoms with Crippen LogP contribution in [0.25, 0.3) is 0 Å². The number of anilines is 1. The summed E-state index contributed by atoms with van der Waals surface area (Å²) in [7, 11) is -2.33. The largest absolute Gasteiger partial charge is 0.495 e. The fraction of sp³-hybridized carbons (Fsp3) is 0.409. The van der Waals surface area contributed by atoms with Gasteiger partial charge in [-0.05, 0) is 62.1 Å². The average Bonchev–Trinajstić information content (AvgIpc) is 2.74. The number of sulfonamides is 1. The van der Waals surface area contributed by atoms with Crippen molar-refractivity contribution in [1.82, 2.24) is 4.31 Å². The number of aryl methyl sites for hydroxylation is 1. The van der Waals surface area contributed by atoms with Crippen LogP contribution in [0.5, 0.6) is 5.75 Å². The molecule has 7 heteroatoms. The van der Waals surface area contributed by atoms with Crippen molar-refractivity contribution in [2.24, 2.45) is 0 Å². The van der Waals surface area contributed by atoms with Gasteiger partial charge in [0.2, 0.25) is 10.0 Å². The first-order valence-corrected chi connectivity index (χ1v) is 11.4. The molecule has 2 aromatic rings. The molecule has 1 fully saturated rings. The lowest BCUT2D eigenvalue weighted by Crippen LogP contribution is -2.42. The van der Waals surface area contributed by atoms with E-state index >= 15 is 0 Å². The molecule has 0 aliphatic carbocycles. The number of hydrogen-bond donors (Lipinski definition) is 1. The number of nitrogens with zero attached hydrogens (tertiary/aromatic N) is 1. The smallest absolute Gasteiger partial charge is 0.255 e. The second kappa shape index (κ2) is 8.97. The summed E-state index contributed by atoms with van der Waals surface area (Å²) in [6.07, 6.45) is 3.60. The minimum absolute atomic E-state index is 0.0303. The Kier molecular flexibility index (Phi) is 6.59. The summed E-state index contributed by atoms with van der Waals surface area (Å²) in [5.41, 5.74) is 2.11. The van der Waals surface area contributed by atoms with Crippen molar-refractivity contribution in [2.45, 2.75) is 50.5 Å². The van der Waals surface area contributed by atoms with Crippen LogP contribution < -0.4 is 10.1 Å². The van der Waals surface area contributed by atoms with E-state index < -0.39 is 10.0 Å². The van der Waals surface area contributed by atoms with Crippen LogP contribution in [0.15, 0.2) is 47.4 Å². The molecule has 0 unspecified atom stereocenters. The number of methoxy groups -OCH3 is 1. The van der Waals surface area contributed by atoms with Gasteiger partial charge in [0.15, 0.2) is 0 Å². The zero-order valence-electron chi connectivity index (χ0n) is 17.1. The average molecular weight is 417 g/mol. The van der Waals surface area contributed by atoms with Gasteiger partial charge in [0.1, 0.15) is 10.6 Å². The number of benzene rings is 2. The molecule has 0 saturated carbocycles. The highest BCUT2D eigenvalue weighted by atomic mass is 32.2. The highest BCUT2D eigenvalue weighted by molar-refractivity contribution is 7.89. The van der Waals surface area contributed by atoms with Gasteiger partial charge in [0, 0.05) is 23.8 Å². The van der Waals surface area contributed by atoms with E-state index in [0.717, 1.165) is 25.7 Å². The molecule has 0 spiro atoms. The van der Waals surface area contributed by atoms with Crippen molar-refractivity contribution >= 4 is 21.6 Å². The zero-order chi connectivity index (χ0) is 21.0. The maximum Gasteiger partial charge on any atom is 0.255 e. The van der Waals surface area contributed by atoms with Crippen LogP contribution in [-0.4, -0.2) is 38.3 Å². The molecular weight excluding hydrogens is 388 g/mol. The van der Waals surface area contributed by atoms with Gasteiger partial charge in [-0.3, -0.25) is 4.79 Å². The first kappa shape index (κ1) is 21.3. The minimum atomic E-state index is -3.76. The van der Waals surface area contributed by atoms with E-state index in [1.807, 2.05) is 31.2 Å².